The highest BCUT2D eigenvalue weighted by Crippen LogP contribution is 2.18. The summed E-state index contributed by atoms with van der Waals surface area (Å²) in [6.07, 6.45) is 0. The Kier molecular flexibility index (Phi) is 4.49. The van der Waals surface area contributed by atoms with E-state index in [1.807, 2.05) is 0 Å². The van der Waals surface area contributed by atoms with Gasteiger partial charge in [0.2, 0.25) is 0 Å². The van der Waals surface area contributed by atoms with Crippen LogP contribution in [0.2, 0.25) is 0 Å². The number of amides is 2. The van der Waals surface area contributed by atoms with Gasteiger partial charge in [-0.05, 0) is 0 Å². The van der Waals surface area contributed by atoms with Gasteiger partial charge in [-0.25, -0.2) is 28.2 Å². The number of aliphatic carboxylic acids is 1. The molecule has 0 fully saturated rings. The van der Waals surface area contributed by atoms with Gasteiger partial charge < -0.3 is 10.4 Å². The smallest absolute Gasteiger partial charge is 0.343 e. The Balaban J connectivity index is 2.62. The standard InChI is InChI=1S/C9H7F3N2O4/c10-4-1-5(11)8(12)6(2-4)13-9(17)14-18-3-7(15)16/h1-2H,3H2,(H,15,16)(H2,13,14,17). The minimum Gasteiger partial charge on any atom is -0.479 e. The fraction of sp³-hybridized carbons (Fsp3) is 0.111. The lowest BCUT2D eigenvalue weighted by Crippen LogP contribution is -2.31. The summed E-state index contributed by atoms with van der Waals surface area (Å²) in [6, 6.07) is -0.325. The maximum atomic E-state index is 13.1. The van der Waals surface area contributed by atoms with Crippen LogP contribution >= 0.6 is 0 Å². The molecular formula is C9H7F3N2O4. The summed E-state index contributed by atoms with van der Waals surface area (Å²) in [6.45, 7) is -0.826. The molecule has 0 aliphatic carbocycles. The number of carboxylic acid groups (broad SMARTS) is 1. The van der Waals surface area contributed by atoms with Crippen LogP contribution in [0.4, 0.5) is 23.7 Å². The number of hydroxylamine groups is 1. The minimum absolute atomic E-state index is 0.305. The van der Waals surface area contributed by atoms with Gasteiger partial charge in [0.15, 0.2) is 18.2 Å². The van der Waals surface area contributed by atoms with Crippen LogP contribution < -0.4 is 10.8 Å². The van der Waals surface area contributed by atoms with Crippen LogP contribution in [0.1, 0.15) is 0 Å². The topological polar surface area (TPSA) is 87.7 Å². The summed E-state index contributed by atoms with van der Waals surface area (Å²) in [7, 11) is 0. The van der Waals surface area contributed by atoms with Crippen LogP contribution in [0.3, 0.4) is 0 Å². The summed E-state index contributed by atoms with van der Waals surface area (Å²) >= 11 is 0. The van der Waals surface area contributed by atoms with Crippen molar-refractivity contribution in [1.82, 2.24) is 5.48 Å². The van der Waals surface area contributed by atoms with E-state index < -0.39 is 41.7 Å². The lowest BCUT2D eigenvalue weighted by Gasteiger charge is -2.08. The Bertz CT molecular complexity index is 481. The van der Waals surface area contributed by atoms with Gasteiger partial charge in [-0.15, -0.1) is 0 Å². The number of benzene rings is 1. The number of urea groups is 1. The maximum Gasteiger partial charge on any atom is 0.343 e. The van der Waals surface area contributed by atoms with Crippen molar-refractivity contribution in [3.8, 4) is 0 Å². The molecule has 0 unspecified atom stereocenters. The number of nitrogens with one attached hydrogen (secondary N) is 2. The van der Waals surface area contributed by atoms with Gasteiger partial charge in [0.1, 0.15) is 5.82 Å². The van der Waals surface area contributed by atoms with Crippen molar-refractivity contribution >= 4 is 17.7 Å². The second-order valence-corrected chi connectivity index (χ2v) is 2.99. The summed E-state index contributed by atoms with van der Waals surface area (Å²) in [5, 5.41) is 9.92. The Morgan fingerprint density at radius 2 is 1.94 bits per heavy atom. The Morgan fingerprint density at radius 1 is 1.28 bits per heavy atom. The molecule has 1 rings (SSSR count). The van der Waals surface area contributed by atoms with Gasteiger partial charge in [-0.1, -0.05) is 0 Å². The zero-order valence-electron chi connectivity index (χ0n) is 8.67. The lowest BCUT2D eigenvalue weighted by atomic mass is 10.3. The first-order valence-corrected chi connectivity index (χ1v) is 4.45. The Hall–Kier alpha value is -2.29. The zero-order valence-corrected chi connectivity index (χ0v) is 8.67. The average molecular weight is 264 g/mol. The third-order valence-electron chi connectivity index (χ3n) is 1.60. The van der Waals surface area contributed by atoms with Crippen molar-refractivity contribution in [1.29, 1.82) is 0 Å². The molecule has 9 heteroatoms. The lowest BCUT2D eigenvalue weighted by molar-refractivity contribution is -0.143. The Morgan fingerprint density at radius 3 is 2.56 bits per heavy atom. The number of halogens is 3. The molecule has 6 nitrogen and oxygen atoms in total. The first-order chi connectivity index (χ1) is 8.40. The van der Waals surface area contributed by atoms with Crippen molar-refractivity contribution in [2.45, 2.75) is 0 Å². The Labute approximate surface area is 98.3 Å². The van der Waals surface area contributed by atoms with Gasteiger partial charge in [0.05, 0.1) is 5.69 Å². The molecule has 0 aliphatic heterocycles. The van der Waals surface area contributed by atoms with Crippen molar-refractivity contribution in [3.63, 3.8) is 0 Å². The fourth-order valence-corrected chi connectivity index (χ4v) is 0.958. The first-order valence-electron chi connectivity index (χ1n) is 4.45. The number of carbonyl (C=O) groups excluding carboxylic acids is 1. The maximum absolute atomic E-state index is 13.1. The second kappa shape index (κ2) is 5.87. The van der Waals surface area contributed by atoms with Crippen molar-refractivity contribution in [3.05, 3.63) is 29.6 Å². The molecule has 0 atom stereocenters. The van der Waals surface area contributed by atoms with E-state index in [0.29, 0.717) is 12.1 Å². The van der Waals surface area contributed by atoms with Crippen molar-refractivity contribution in [2.75, 3.05) is 11.9 Å². The molecule has 1 aromatic rings. The largest absolute Gasteiger partial charge is 0.479 e. The van der Waals surface area contributed by atoms with Gasteiger partial charge in [0.25, 0.3) is 0 Å². The van der Waals surface area contributed by atoms with E-state index in [2.05, 4.69) is 4.84 Å². The molecule has 2 amide bonds. The van der Waals surface area contributed by atoms with Crippen LogP contribution in [0.15, 0.2) is 12.1 Å². The van der Waals surface area contributed by atoms with Crippen LogP contribution in [0.5, 0.6) is 0 Å². The average Bonchev–Trinajstić information content (AvgIpc) is 2.24. The second-order valence-electron chi connectivity index (χ2n) is 2.99. The summed E-state index contributed by atoms with van der Waals surface area (Å²) in [5.74, 6) is -5.37. The van der Waals surface area contributed by atoms with E-state index in [4.69, 9.17) is 5.11 Å². The minimum atomic E-state index is -1.48. The third-order valence-corrected chi connectivity index (χ3v) is 1.60. The summed E-state index contributed by atoms with van der Waals surface area (Å²) < 4.78 is 38.6. The SMILES string of the molecule is O=C(O)CONC(=O)Nc1cc(F)cc(F)c1F. The van der Waals surface area contributed by atoms with E-state index in [9.17, 15) is 22.8 Å². The van der Waals surface area contributed by atoms with E-state index in [0.717, 1.165) is 0 Å². The van der Waals surface area contributed by atoms with Gasteiger partial charge >= 0.3 is 12.0 Å². The summed E-state index contributed by atoms with van der Waals surface area (Å²) in [4.78, 5) is 25.2. The molecule has 0 saturated carbocycles. The molecule has 0 aliphatic rings. The number of hydrogen-bond donors (Lipinski definition) is 3. The summed E-state index contributed by atoms with van der Waals surface area (Å²) in [5.41, 5.74) is 0.840. The molecule has 0 spiro atoms. The van der Waals surface area contributed by atoms with Gasteiger partial charge in [-0.2, -0.15) is 0 Å². The van der Waals surface area contributed by atoms with Gasteiger partial charge in [-0.3, -0.25) is 4.84 Å². The molecule has 0 radical (unpaired) electrons. The molecule has 98 valence electrons. The number of anilines is 1. The van der Waals surface area contributed by atoms with Crippen LogP contribution in [-0.2, 0) is 9.63 Å². The molecule has 3 N–H and O–H groups in total. The molecule has 0 saturated heterocycles. The normalized spacial score (nSPS) is 9.94. The number of carboxylic acids is 1. The van der Waals surface area contributed by atoms with E-state index in [1.165, 1.54) is 0 Å². The first kappa shape index (κ1) is 13.8. The molecule has 0 bridgehead atoms. The highest BCUT2D eigenvalue weighted by molar-refractivity contribution is 5.88. The number of hydrogen-bond acceptors (Lipinski definition) is 3. The van der Waals surface area contributed by atoms with Crippen LogP contribution in [-0.4, -0.2) is 23.7 Å². The number of carbonyl (C=O) groups is 2. The van der Waals surface area contributed by atoms with Crippen molar-refractivity contribution in [2.24, 2.45) is 0 Å². The molecule has 1 aromatic carbocycles. The zero-order chi connectivity index (χ0) is 13.7. The van der Waals surface area contributed by atoms with E-state index in [-0.39, 0.29) is 0 Å². The quantitative estimate of drug-likeness (QED) is 0.564. The highest BCUT2D eigenvalue weighted by Gasteiger charge is 2.13. The van der Waals surface area contributed by atoms with E-state index >= 15 is 0 Å². The monoisotopic (exact) mass is 264 g/mol. The third kappa shape index (κ3) is 3.94. The molecular weight excluding hydrogens is 257 g/mol. The fourth-order valence-electron chi connectivity index (χ4n) is 0.958. The number of rotatable bonds is 4. The molecule has 18 heavy (non-hydrogen) atoms. The molecule has 0 aromatic heterocycles. The van der Waals surface area contributed by atoms with E-state index in [1.54, 1.807) is 10.8 Å². The predicted molar refractivity (Wildman–Crippen MR) is 52.1 cm³/mol. The van der Waals surface area contributed by atoms with Crippen molar-refractivity contribution < 1.29 is 32.7 Å². The molecule has 0 heterocycles. The predicted octanol–water partition coefficient (Wildman–Crippen LogP) is 1.24. The highest BCUT2D eigenvalue weighted by atomic mass is 19.2. The van der Waals surface area contributed by atoms with Crippen LogP contribution in [0, 0.1) is 17.5 Å². The van der Waals surface area contributed by atoms with Crippen LogP contribution in [0.25, 0.3) is 0 Å². The van der Waals surface area contributed by atoms with Gasteiger partial charge in [0, 0.05) is 12.1 Å².